The molecule has 0 spiro atoms. The molecule has 1 aromatic carbocycles. The summed E-state index contributed by atoms with van der Waals surface area (Å²) in [7, 11) is 3.85. The lowest BCUT2D eigenvalue weighted by atomic mass is 10.1. The molecule has 1 N–H and O–H groups in total. The number of aliphatic imine (C=N–C) groups is 1. The summed E-state index contributed by atoms with van der Waals surface area (Å²) in [5, 5.41) is 7.38. The second kappa shape index (κ2) is 9.20. The summed E-state index contributed by atoms with van der Waals surface area (Å²) < 4.78 is 5.27. The van der Waals surface area contributed by atoms with E-state index in [1.165, 1.54) is 11.1 Å². The highest BCUT2D eigenvalue weighted by Crippen LogP contribution is 2.10. The Hall–Kier alpha value is -2.37. The molecule has 0 radical (unpaired) electrons. The number of hydrogen-bond donors (Lipinski definition) is 1. The second-order valence-corrected chi connectivity index (χ2v) is 6.62. The fraction of sp³-hybridized carbons (Fsp3) is 0.526. The minimum absolute atomic E-state index is 0.296. The molecule has 25 heavy (non-hydrogen) atoms. The Morgan fingerprint density at radius 3 is 2.60 bits per heavy atom. The van der Waals surface area contributed by atoms with Crippen molar-refractivity contribution in [2.24, 2.45) is 4.99 Å². The molecule has 6 heteroatoms. The number of nitrogens with one attached hydrogen (secondary N) is 1. The van der Waals surface area contributed by atoms with Crippen molar-refractivity contribution < 1.29 is 4.52 Å². The van der Waals surface area contributed by atoms with Crippen LogP contribution in [0.5, 0.6) is 0 Å². The molecule has 0 unspecified atom stereocenters. The van der Waals surface area contributed by atoms with Crippen LogP contribution in [0.4, 0.5) is 0 Å². The standard InChI is InChI=1S/C19H29N5O/c1-14(2)18-22-17(25-23-18)7-6-12-21-19(20-4)24(5)13-16-10-8-15(3)9-11-16/h8-11,14H,6-7,12-13H2,1-5H3,(H,20,21). The van der Waals surface area contributed by atoms with Gasteiger partial charge in [-0.1, -0.05) is 48.8 Å². The van der Waals surface area contributed by atoms with E-state index in [-0.39, 0.29) is 0 Å². The first-order valence-electron chi connectivity index (χ1n) is 8.79. The molecule has 2 rings (SSSR count). The zero-order valence-electron chi connectivity index (χ0n) is 15.9. The van der Waals surface area contributed by atoms with Gasteiger partial charge >= 0.3 is 0 Å². The van der Waals surface area contributed by atoms with Crippen molar-refractivity contribution in [1.29, 1.82) is 0 Å². The predicted molar refractivity (Wildman–Crippen MR) is 101 cm³/mol. The Balaban J connectivity index is 1.76. The van der Waals surface area contributed by atoms with Crippen molar-refractivity contribution in [2.75, 3.05) is 20.6 Å². The minimum atomic E-state index is 0.296. The fourth-order valence-corrected chi connectivity index (χ4v) is 2.47. The highest BCUT2D eigenvalue weighted by molar-refractivity contribution is 5.79. The Kier molecular flexibility index (Phi) is 6.98. The van der Waals surface area contributed by atoms with Gasteiger partial charge in [0, 0.05) is 39.5 Å². The molecule has 1 heterocycles. The van der Waals surface area contributed by atoms with Crippen LogP contribution < -0.4 is 5.32 Å². The molecular formula is C19H29N5O. The van der Waals surface area contributed by atoms with E-state index in [0.29, 0.717) is 11.8 Å². The maximum Gasteiger partial charge on any atom is 0.226 e. The number of aryl methyl sites for hydroxylation is 2. The third kappa shape index (κ3) is 5.89. The maximum absolute atomic E-state index is 5.27. The lowest BCUT2D eigenvalue weighted by Gasteiger charge is -2.22. The van der Waals surface area contributed by atoms with E-state index in [1.807, 2.05) is 7.05 Å². The topological polar surface area (TPSA) is 66.5 Å². The Morgan fingerprint density at radius 2 is 2.00 bits per heavy atom. The Labute approximate surface area is 150 Å². The van der Waals surface area contributed by atoms with Crippen LogP contribution in [0.15, 0.2) is 33.8 Å². The summed E-state index contributed by atoms with van der Waals surface area (Å²) >= 11 is 0. The number of nitrogens with zero attached hydrogens (tertiary/aromatic N) is 4. The largest absolute Gasteiger partial charge is 0.356 e. The summed E-state index contributed by atoms with van der Waals surface area (Å²) in [5.74, 6) is 2.66. The van der Waals surface area contributed by atoms with Crippen molar-refractivity contribution in [3.05, 3.63) is 47.1 Å². The highest BCUT2D eigenvalue weighted by Gasteiger charge is 2.10. The lowest BCUT2D eigenvalue weighted by molar-refractivity contribution is 0.368. The normalized spacial score (nSPS) is 11.8. The Morgan fingerprint density at radius 1 is 1.28 bits per heavy atom. The minimum Gasteiger partial charge on any atom is -0.356 e. The fourth-order valence-electron chi connectivity index (χ4n) is 2.47. The third-order valence-electron chi connectivity index (χ3n) is 3.96. The summed E-state index contributed by atoms with van der Waals surface area (Å²) in [4.78, 5) is 10.9. The molecule has 0 aliphatic carbocycles. The lowest BCUT2D eigenvalue weighted by Crippen LogP contribution is -2.39. The average molecular weight is 343 g/mol. The molecule has 2 aromatic rings. The average Bonchev–Trinajstić information content (AvgIpc) is 3.06. The van der Waals surface area contributed by atoms with Gasteiger partial charge in [-0.05, 0) is 18.9 Å². The molecule has 6 nitrogen and oxygen atoms in total. The van der Waals surface area contributed by atoms with Crippen LogP contribution in [-0.4, -0.2) is 41.6 Å². The number of guanidine groups is 1. The molecule has 0 bridgehead atoms. The van der Waals surface area contributed by atoms with Gasteiger partial charge in [-0.2, -0.15) is 4.98 Å². The molecular weight excluding hydrogens is 314 g/mol. The van der Waals surface area contributed by atoms with Crippen LogP contribution in [0.3, 0.4) is 0 Å². The zero-order valence-corrected chi connectivity index (χ0v) is 15.9. The first-order chi connectivity index (χ1) is 12.0. The summed E-state index contributed by atoms with van der Waals surface area (Å²) in [6.07, 6.45) is 1.68. The van der Waals surface area contributed by atoms with E-state index in [2.05, 4.69) is 70.4 Å². The molecule has 0 saturated carbocycles. The van der Waals surface area contributed by atoms with Crippen molar-refractivity contribution in [2.45, 2.75) is 46.1 Å². The Bertz CT molecular complexity index is 675. The van der Waals surface area contributed by atoms with E-state index < -0.39 is 0 Å². The van der Waals surface area contributed by atoms with Crippen molar-refractivity contribution in [3.63, 3.8) is 0 Å². The van der Waals surface area contributed by atoms with Gasteiger partial charge in [-0.15, -0.1) is 0 Å². The molecule has 1 aromatic heterocycles. The number of hydrogen-bond acceptors (Lipinski definition) is 4. The summed E-state index contributed by atoms with van der Waals surface area (Å²) in [5.41, 5.74) is 2.54. The van der Waals surface area contributed by atoms with Gasteiger partial charge in [0.25, 0.3) is 0 Å². The number of aromatic nitrogens is 2. The molecule has 0 fully saturated rings. The van der Waals surface area contributed by atoms with Crippen LogP contribution in [-0.2, 0) is 13.0 Å². The van der Waals surface area contributed by atoms with Gasteiger partial charge in [0.1, 0.15) is 0 Å². The predicted octanol–water partition coefficient (Wildman–Crippen LogP) is 3.14. The van der Waals surface area contributed by atoms with E-state index in [1.54, 1.807) is 7.05 Å². The number of benzene rings is 1. The monoisotopic (exact) mass is 343 g/mol. The van der Waals surface area contributed by atoms with Gasteiger partial charge in [0.05, 0.1) is 0 Å². The quantitative estimate of drug-likeness (QED) is 0.475. The van der Waals surface area contributed by atoms with E-state index in [4.69, 9.17) is 4.52 Å². The summed E-state index contributed by atoms with van der Waals surface area (Å²) in [6.45, 7) is 7.85. The molecule has 0 aliphatic heterocycles. The van der Waals surface area contributed by atoms with Gasteiger partial charge < -0.3 is 14.7 Å². The van der Waals surface area contributed by atoms with E-state index in [9.17, 15) is 0 Å². The van der Waals surface area contributed by atoms with Crippen LogP contribution in [0.2, 0.25) is 0 Å². The molecule has 0 amide bonds. The molecule has 0 saturated heterocycles. The molecule has 0 atom stereocenters. The van der Waals surface area contributed by atoms with Crippen molar-refractivity contribution in [3.8, 4) is 0 Å². The third-order valence-corrected chi connectivity index (χ3v) is 3.96. The van der Waals surface area contributed by atoms with Gasteiger partial charge in [0.15, 0.2) is 11.8 Å². The van der Waals surface area contributed by atoms with E-state index >= 15 is 0 Å². The summed E-state index contributed by atoms with van der Waals surface area (Å²) in [6, 6.07) is 8.58. The first-order valence-corrected chi connectivity index (χ1v) is 8.79. The second-order valence-electron chi connectivity index (χ2n) is 6.62. The van der Waals surface area contributed by atoms with Gasteiger partial charge in [0.2, 0.25) is 5.89 Å². The van der Waals surface area contributed by atoms with Gasteiger partial charge in [-0.25, -0.2) is 0 Å². The number of rotatable bonds is 7. The van der Waals surface area contributed by atoms with Crippen LogP contribution in [0, 0.1) is 6.92 Å². The van der Waals surface area contributed by atoms with Crippen LogP contribution in [0.1, 0.15) is 49.0 Å². The molecule has 136 valence electrons. The van der Waals surface area contributed by atoms with Crippen LogP contribution in [0.25, 0.3) is 0 Å². The molecule has 0 aliphatic rings. The highest BCUT2D eigenvalue weighted by atomic mass is 16.5. The van der Waals surface area contributed by atoms with E-state index in [0.717, 1.165) is 37.7 Å². The van der Waals surface area contributed by atoms with Gasteiger partial charge in [-0.3, -0.25) is 4.99 Å². The SMILES string of the molecule is CN=C(NCCCc1nc(C(C)C)no1)N(C)Cc1ccc(C)cc1. The van der Waals surface area contributed by atoms with Crippen LogP contribution >= 0.6 is 0 Å². The van der Waals surface area contributed by atoms with Crippen molar-refractivity contribution >= 4 is 5.96 Å². The first kappa shape index (κ1) is 19.0. The smallest absolute Gasteiger partial charge is 0.226 e. The maximum atomic E-state index is 5.27. The zero-order chi connectivity index (χ0) is 18.2. The van der Waals surface area contributed by atoms with Crippen molar-refractivity contribution in [1.82, 2.24) is 20.4 Å².